The summed E-state index contributed by atoms with van der Waals surface area (Å²) in [5, 5.41) is 14.0. The van der Waals surface area contributed by atoms with Crippen molar-refractivity contribution < 1.29 is 9.72 Å². The number of fused-ring (bicyclic) bond motifs is 1. The molecule has 1 N–H and O–H groups in total. The van der Waals surface area contributed by atoms with Crippen molar-refractivity contribution in [2.24, 2.45) is 0 Å². The zero-order valence-corrected chi connectivity index (χ0v) is 10.5. The highest BCUT2D eigenvalue weighted by molar-refractivity contribution is 5.63. The lowest BCUT2D eigenvalue weighted by Crippen LogP contribution is -2.36. The first kappa shape index (κ1) is 12.5. The number of hydrogen-bond acceptors (Lipinski definition) is 4. The number of nitrogens with one attached hydrogen (secondary N) is 1. The number of benzene rings is 1. The molecule has 0 saturated heterocycles. The van der Waals surface area contributed by atoms with E-state index in [-0.39, 0.29) is 17.1 Å². The predicted octanol–water partition coefficient (Wildman–Crippen LogP) is 2.65. The molecule has 0 radical (unpaired) electrons. The lowest BCUT2D eigenvalue weighted by molar-refractivity contribution is -0.384. The van der Waals surface area contributed by atoms with Crippen molar-refractivity contribution in [1.29, 1.82) is 0 Å². The fourth-order valence-corrected chi connectivity index (χ4v) is 2.61. The van der Waals surface area contributed by atoms with Crippen LogP contribution in [0.4, 0.5) is 11.4 Å². The van der Waals surface area contributed by atoms with Crippen LogP contribution in [0.5, 0.6) is 0 Å². The Kier molecular flexibility index (Phi) is 3.07. The second-order valence-electron chi connectivity index (χ2n) is 5.32. The smallest absolute Gasteiger partial charge is 0.271 e. The van der Waals surface area contributed by atoms with Crippen LogP contribution in [0.3, 0.4) is 0 Å². The van der Waals surface area contributed by atoms with Crippen molar-refractivity contribution in [2.45, 2.75) is 38.1 Å². The van der Waals surface area contributed by atoms with Gasteiger partial charge in [-0.1, -0.05) is 13.8 Å². The predicted molar refractivity (Wildman–Crippen MR) is 68.8 cm³/mol. The molecular formula is C13H16N2O3. The average molecular weight is 248 g/mol. The quantitative estimate of drug-likeness (QED) is 0.507. The van der Waals surface area contributed by atoms with Gasteiger partial charge in [-0.3, -0.25) is 10.1 Å². The number of anilines is 1. The SMILES string of the molecule is CC1(C)CC(CC=O)Nc2cc([N+](=O)[O-])ccc21. The third-order valence-electron chi connectivity index (χ3n) is 3.44. The molecule has 5 nitrogen and oxygen atoms in total. The summed E-state index contributed by atoms with van der Waals surface area (Å²) >= 11 is 0. The molecule has 1 aliphatic heterocycles. The van der Waals surface area contributed by atoms with E-state index in [4.69, 9.17) is 0 Å². The summed E-state index contributed by atoms with van der Waals surface area (Å²) in [7, 11) is 0. The van der Waals surface area contributed by atoms with Crippen LogP contribution >= 0.6 is 0 Å². The Morgan fingerprint density at radius 3 is 2.89 bits per heavy atom. The van der Waals surface area contributed by atoms with Crippen LogP contribution in [0.25, 0.3) is 0 Å². The molecule has 0 saturated carbocycles. The van der Waals surface area contributed by atoms with Crippen molar-refractivity contribution in [1.82, 2.24) is 0 Å². The molecule has 1 atom stereocenters. The highest BCUT2D eigenvalue weighted by atomic mass is 16.6. The first-order valence-electron chi connectivity index (χ1n) is 5.93. The third kappa shape index (κ3) is 2.20. The maximum Gasteiger partial charge on any atom is 0.271 e. The van der Waals surface area contributed by atoms with Gasteiger partial charge in [-0.15, -0.1) is 0 Å². The van der Waals surface area contributed by atoms with Gasteiger partial charge in [0.05, 0.1) is 4.92 Å². The number of nitro benzene ring substituents is 1. The van der Waals surface area contributed by atoms with Crippen molar-refractivity contribution in [3.8, 4) is 0 Å². The molecule has 0 aromatic heterocycles. The van der Waals surface area contributed by atoms with Gasteiger partial charge in [-0.05, 0) is 23.5 Å². The van der Waals surface area contributed by atoms with Gasteiger partial charge < -0.3 is 10.1 Å². The van der Waals surface area contributed by atoms with Crippen LogP contribution in [-0.4, -0.2) is 17.3 Å². The van der Waals surface area contributed by atoms with E-state index in [2.05, 4.69) is 19.2 Å². The number of hydrogen-bond donors (Lipinski definition) is 1. The summed E-state index contributed by atoms with van der Waals surface area (Å²) in [5.41, 5.74) is 1.83. The number of nitrogens with zero attached hydrogens (tertiary/aromatic N) is 1. The fraction of sp³-hybridized carbons (Fsp3) is 0.462. The first-order chi connectivity index (χ1) is 8.44. The summed E-state index contributed by atoms with van der Waals surface area (Å²) in [4.78, 5) is 21.0. The summed E-state index contributed by atoms with van der Waals surface area (Å²) in [6.45, 7) is 4.19. The van der Waals surface area contributed by atoms with E-state index in [0.717, 1.165) is 24.0 Å². The molecule has 0 fully saturated rings. The van der Waals surface area contributed by atoms with E-state index in [9.17, 15) is 14.9 Å². The topological polar surface area (TPSA) is 72.2 Å². The molecular weight excluding hydrogens is 232 g/mol. The molecule has 1 aliphatic rings. The molecule has 5 heteroatoms. The van der Waals surface area contributed by atoms with Gasteiger partial charge in [0.2, 0.25) is 0 Å². The molecule has 1 heterocycles. The molecule has 1 unspecified atom stereocenters. The highest BCUT2D eigenvalue weighted by Gasteiger charge is 2.33. The number of carbonyl (C=O) groups is 1. The Morgan fingerprint density at radius 2 is 2.28 bits per heavy atom. The van der Waals surface area contributed by atoms with Crippen LogP contribution in [0, 0.1) is 10.1 Å². The minimum absolute atomic E-state index is 0.0482. The zero-order valence-electron chi connectivity index (χ0n) is 10.5. The van der Waals surface area contributed by atoms with E-state index < -0.39 is 4.92 Å². The van der Waals surface area contributed by atoms with E-state index in [1.807, 2.05) is 0 Å². The zero-order chi connectivity index (χ0) is 13.3. The van der Waals surface area contributed by atoms with Crippen molar-refractivity contribution in [2.75, 3.05) is 5.32 Å². The van der Waals surface area contributed by atoms with Crippen LogP contribution in [0.15, 0.2) is 18.2 Å². The summed E-state index contributed by atoms with van der Waals surface area (Å²) in [5.74, 6) is 0. The van der Waals surface area contributed by atoms with E-state index >= 15 is 0 Å². The molecule has 2 rings (SSSR count). The van der Waals surface area contributed by atoms with Gasteiger partial charge in [-0.25, -0.2) is 0 Å². The number of aldehydes is 1. The number of rotatable bonds is 3. The molecule has 0 bridgehead atoms. The van der Waals surface area contributed by atoms with E-state index in [0.29, 0.717) is 6.42 Å². The minimum Gasteiger partial charge on any atom is -0.381 e. The third-order valence-corrected chi connectivity index (χ3v) is 3.44. The Balaban J connectivity index is 2.42. The maximum atomic E-state index is 10.8. The molecule has 0 aliphatic carbocycles. The molecule has 0 amide bonds. The van der Waals surface area contributed by atoms with Crippen molar-refractivity contribution >= 4 is 17.7 Å². The van der Waals surface area contributed by atoms with Gasteiger partial charge >= 0.3 is 0 Å². The molecule has 1 aromatic rings. The number of carbonyl (C=O) groups excluding carboxylic acids is 1. The van der Waals surface area contributed by atoms with Crippen LogP contribution in [0.2, 0.25) is 0 Å². The number of non-ortho nitro benzene ring substituents is 1. The summed E-state index contributed by atoms with van der Waals surface area (Å²) < 4.78 is 0. The normalized spacial score (nSPS) is 20.7. The Labute approximate surface area is 105 Å². The van der Waals surface area contributed by atoms with Gasteiger partial charge in [0.15, 0.2) is 0 Å². The van der Waals surface area contributed by atoms with E-state index in [1.54, 1.807) is 12.1 Å². The molecule has 96 valence electrons. The second kappa shape index (κ2) is 4.40. The van der Waals surface area contributed by atoms with Crippen LogP contribution in [0.1, 0.15) is 32.3 Å². The minimum atomic E-state index is -0.404. The summed E-state index contributed by atoms with van der Waals surface area (Å²) in [6, 6.07) is 4.93. The highest BCUT2D eigenvalue weighted by Crippen LogP contribution is 2.40. The molecule has 1 aromatic carbocycles. The van der Waals surface area contributed by atoms with Gasteiger partial charge in [-0.2, -0.15) is 0 Å². The molecule has 18 heavy (non-hydrogen) atoms. The fourth-order valence-electron chi connectivity index (χ4n) is 2.61. The largest absolute Gasteiger partial charge is 0.381 e. The monoisotopic (exact) mass is 248 g/mol. The van der Waals surface area contributed by atoms with Gasteiger partial charge in [0, 0.05) is 30.3 Å². The van der Waals surface area contributed by atoms with E-state index in [1.165, 1.54) is 6.07 Å². The maximum absolute atomic E-state index is 10.8. The van der Waals surface area contributed by atoms with Crippen LogP contribution < -0.4 is 5.32 Å². The molecule has 0 spiro atoms. The standard InChI is InChI=1S/C13H16N2O3/c1-13(2)8-9(5-6-16)14-12-7-10(15(17)18)3-4-11(12)13/h3-4,6-7,9,14H,5,8H2,1-2H3. The van der Waals surface area contributed by atoms with Gasteiger partial charge in [0.25, 0.3) is 5.69 Å². The summed E-state index contributed by atoms with van der Waals surface area (Å²) in [6.07, 6.45) is 2.15. The Hall–Kier alpha value is -1.91. The second-order valence-corrected chi connectivity index (χ2v) is 5.32. The van der Waals surface area contributed by atoms with Crippen molar-refractivity contribution in [3.05, 3.63) is 33.9 Å². The van der Waals surface area contributed by atoms with Crippen molar-refractivity contribution in [3.63, 3.8) is 0 Å². The van der Waals surface area contributed by atoms with Crippen LogP contribution in [-0.2, 0) is 10.2 Å². The lowest BCUT2D eigenvalue weighted by atomic mass is 9.75. The van der Waals surface area contributed by atoms with Gasteiger partial charge in [0.1, 0.15) is 6.29 Å². The first-order valence-corrected chi connectivity index (χ1v) is 5.93. The Bertz CT molecular complexity index is 497. The average Bonchev–Trinajstić information content (AvgIpc) is 2.27. The Morgan fingerprint density at radius 1 is 1.56 bits per heavy atom. The number of nitro groups is 1. The lowest BCUT2D eigenvalue weighted by Gasteiger charge is -2.38.